The summed E-state index contributed by atoms with van der Waals surface area (Å²) in [5.41, 5.74) is 0.506. The number of nitrogens with two attached hydrogens (primary N) is 1. The van der Waals surface area contributed by atoms with Gasteiger partial charge in [-0.2, -0.15) is 0 Å². The van der Waals surface area contributed by atoms with Gasteiger partial charge in [-0.25, -0.2) is 13.6 Å². The molecule has 1 aliphatic rings. The summed E-state index contributed by atoms with van der Waals surface area (Å²) >= 11 is 0. The molecule has 1 fully saturated rings. The van der Waals surface area contributed by atoms with E-state index in [0.29, 0.717) is 11.5 Å². The van der Waals surface area contributed by atoms with Gasteiger partial charge in [0.15, 0.2) is 0 Å². The summed E-state index contributed by atoms with van der Waals surface area (Å²) in [5.74, 6) is 0.609. The molecule has 1 saturated heterocycles. The fourth-order valence-electron chi connectivity index (χ4n) is 2.44. The van der Waals surface area contributed by atoms with Crippen molar-refractivity contribution in [2.24, 2.45) is 11.1 Å². The quantitative estimate of drug-likeness (QED) is 0.900. The number of rotatable bonds is 2. The molecule has 1 aliphatic heterocycles. The number of hydrogen-bond donors (Lipinski definition) is 1. The number of nitrogens with zero attached hydrogens (tertiary/aromatic N) is 1. The van der Waals surface area contributed by atoms with Crippen LogP contribution in [0.2, 0.25) is 0 Å². The number of amides is 1. The topological polar surface area (TPSA) is 80.5 Å². The van der Waals surface area contributed by atoms with Gasteiger partial charge < -0.3 is 4.90 Å². The molecule has 110 valence electrons. The lowest BCUT2D eigenvalue weighted by Crippen LogP contribution is -2.32. The Bertz CT molecular complexity index is 581. The van der Waals surface area contributed by atoms with Crippen LogP contribution >= 0.6 is 0 Å². The van der Waals surface area contributed by atoms with E-state index in [2.05, 4.69) is 6.92 Å². The summed E-state index contributed by atoms with van der Waals surface area (Å²) in [6, 6.07) is 5.80. The minimum Gasteiger partial charge on any atom is -0.339 e. The van der Waals surface area contributed by atoms with E-state index in [4.69, 9.17) is 5.14 Å². The molecule has 1 unspecified atom stereocenters. The van der Waals surface area contributed by atoms with Crippen LogP contribution in [0, 0.1) is 5.92 Å². The summed E-state index contributed by atoms with van der Waals surface area (Å²) < 4.78 is 22.4. The van der Waals surface area contributed by atoms with E-state index in [0.717, 1.165) is 32.4 Å². The Hall–Kier alpha value is -1.40. The van der Waals surface area contributed by atoms with Gasteiger partial charge >= 0.3 is 0 Å². The molecular weight excluding hydrogens is 276 g/mol. The fourth-order valence-corrected chi connectivity index (χ4v) is 2.95. The lowest BCUT2D eigenvalue weighted by molar-refractivity contribution is 0.0760. The van der Waals surface area contributed by atoms with Gasteiger partial charge in [-0.1, -0.05) is 6.92 Å². The molecule has 0 spiro atoms. The first-order chi connectivity index (χ1) is 9.38. The molecule has 2 N–H and O–H groups in total. The number of likely N-dealkylation sites (tertiary alicyclic amines) is 1. The first-order valence-electron chi connectivity index (χ1n) is 6.80. The molecule has 1 aromatic carbocycles. The number of carbonyl (C=O) groups excluding carboxylic acids is 1. The largest absolute Gasteiger partial charge is 0.339 e. The lowest BCUT2D eigenvalue weighted by atomic mass is 10.0. The molecule has 1 amide bonds. The van der Waals surface area contributed by atoms with Crippen LogP contribution in [-0.4, -0.2) is 32.3 Å². The number of primary sulfonamides is 1. The van der Waals surface area contributed by atoms with Gasteiger partial charge in [0.2, 0.25) is 10.0 Å². The minimum absolute atomic E-state index is 0.0264. The standard InChI is InChI=1S/C14H20N2O3S/c1-11-3-2-9-16(10-8-11)14(17)12-4-6-13(7-5-12)20(15,18)19/h4-7,11H,2-3,8-10H2,1H3,(H2,15,18,19). The zero-order chi connectivity index (χ0) is 14.8. The highest BCUT2D eigenvalue weighted by Gasteiger charge is 2.20. The summed E-state index contributed by atoms with van der Waals surface area (Å²) in [6.45, 7) is 3.73. The third-order valence-electron chi connectivity index (χ3n) is 3.73. The van der Waals surface area contributed by atoms with Gasteiger partial charge in [-0.3, -0.25) is 4.79 Å². The molecule has 1 atom stereocenters. The molecule has 6 heteroatoms. The van der Waals surface area contributed by atoms with Gasteiger partial charge in [0.1, 0.15) is 0 Å². The number of sulfonamides is 1. The van der Waals surface area contributed by atoms with Crippen molar-refractivity contribution in [3.63, 3.8) is 0 Å². The lowest BCUT2D eigenvalue weighted by Gasteiger charge is -2.20. The van der Waals surface area contributed by atoms with E-state index in [9.17, 15) is 13.2 Å². The van der Waals surface area contributed by atoms with E-state index in [1.54, 1.807) is 0 Å². The molecule has 1 heterocycles. The Morgan fingerprint density at radius 2 is 1.85 bits per heavy atom. The predicted octanol–water partition coefficient (Wildman–Crippen LogP) is 1.60. The maximum absolute atomic E-state index is 12.4. The monoisotopic (exact) mass is 296 g/mol. The van der Waals surface area contributed by atoms with E-state index in [1.165, 1.54) is 24.3 Å². The maximum atomic E-state index is 12.4. The van der Waals surface area contributed by atoms with Gasteiger partial charge in [0.05, 0.1) is 4.90 Å². The molecule has 0 bridgehead atoms. The highest BCUT2D eigenvalue weighted by molar-refractivity contribution is 7.89. The number of hydrogen-bond acceptors (Lipinski definition) is 3. The molecule has 0 saturated carbocycles. The highest BCUT2D eigenvalue weighted by atomic mass is 32.2. The Balaban J connectivity index is 2.13. The van der Waals surface area contributed by atoms with E-state index in [-0.39, 0.29) is 10.8 Å². The molecule has 1 aromatic rings. The number of benzene rings is 1. The van der Waals surface area contributed by atoms with Gasteiger partial charge in [-0.15, -0.1) is 0 Å². The van der Waals surface area contributed by atoms with Crippen molar-refractivity contribution in [2.75, 3.05) is 13.1 Å². The summed E-state index contributed by atoms with van der Waals surface area (Å²) in [6.07, 6.45) is 3.18. The zero-order valence-electron chi connectivity index (χ0n) is 11.6. The van der Waals surface area contributed by atoms with Crippen molar-refractivity contribution in [2.45, 2.75) is 31.1 Å². The second kappa shape index (κ2) is 5.93. The second-order valence-corrected chi connectivity index (χ2v) is 6.96. The molecule has 5 nitrogen and oxygen atoms in total. The van der Waals surface area contributed by atoms with Crippen molar-refractivity contribution in [3.8, 4) is 0 Å². The Labute approximate surface area is 119 Å². The van der Waals surface area contributed by atoms with Gasteiger partial charge in [0.25, 0.3) is 5.91 Å². The zero-order valence-corrected chi connectivity index (χ0v) is 12.4. The summed E-state index contributed by atoms with van der Waals surface area (Å²) in [5, 5.41) is 5.04. The molecular formula is C14H20N2O3S. The van der Waals surface area contributed by atoms with Crippen LogP contribution in [0.15, 0.2) is 29.2 Å². The van der Waals surface area contributed by atoms with Crippen molar-refractivity contribution in [3.05, 3.63) is 29.8 Å². The SMILES string of the molecule is CC1CCCN(C(=O)c2ccc(S(N)(=O)=O)cc2)CC1. The number of carbonyl (C=O) groups is 1. The van der Waals surface area contributed by atoms with Crippen LogP contribution < -0.4 is 5.14 Å². The molecule has 20 heavy (non-hydrogen) atoms. The van der Waals surface area contributed by atoms with Crippen molar-refractivity contribution in [1.82, 2.24) is 4.90 Å². The van der Waals surface area contributed by atoms with Crippen molar-refractivity contribution in [1.29, 1.82) is 0 Å². The summed E-state index contributed by atoms with van der Waals surface area (Å²) in [4.78, 5) is 14.2. The van der Waals surface area contributed by atoms with Crippen LogP contribution in [0.4, 0.5) is 0 Å². The van der Waals surface area contributed by atoms with Crippen LogP contribution in [-0.2, 0) is 10.0 Å². The maximum Gasteiger partial charge on any atom is 0.253 e. The summed E-state index contributed by atoms with van der Waals surface area (Å²) in [7, 11) is -3.71. The Morgan fingerprint density at radius 1 is 1.20 bits per heavy atom. The van der Waals surface area contributed by atoms with E-state index >= 15 is 0 Å². The average molecular weight is 296 g/mol. The first-order valence-corrected chi connectivity index (χ1v) is 8.34. The van der Waals surface area contributed by atoms with Crippen LogP contribution in [0.5, 0.6) is 0 Å². The van der Waals surface area contributed by atoms with E-state index < -0.39 is 10.0 Å². The second-order valence-electron chi connectivity index (χ2n) is 5.40. The average Bonchev–Trinajstić information content (AvgIpc) is 2.62. The molecule has 0 aromatic heterocycles. The van der Waals surface area contributed by atoms with E-state index in [1.807, 2.05) is 4.90 Å². The van der Waals surface area contributed by atoms with Crippen LogP contribution in [0.25, 0.3) is 0 Å². The Morgan fingerprint density at radius 3 is 2.45 bits per heavy atom. The fraction of sp³-hybridized carbons (Fsp3) is 0.500. The van der Waals surface area contributed by atoms with Gasteiger partial charge in [0, 0.05) is 18.7 Å². The van der Waals surface area contributed by atoms with Crippen molar-refractivity contribution < 1.29 is 13.2 Å². The smallest absolute Gasteiger partial charge is 0.253 e. The van der Waals surface area contributed by atoms with Crippen molar-refractivity contribution >= 4 is 15.9 Å². The molecule has 0 radical (unpaired) electrons. The predicted molar refractivity (Wildman–Crippen MR) is 76.7 cm³/mol. The highest BCUT2D eigenvalue weighted by Crippen LogP contribution is 2.18. The van der Waals surface area contributed by atoms with Crippen LogP contribution in [0.1, 0.15) is 36.5 Å². The molecule has 0 aliphatic carbocycles. The minimum atomic E-state index is -3.71. The third-order valence-corrected chi connectivity index (χ3v) is 4.66. The molecule has 2 rings (SSSR count). The van der Waals surface area contributed by atoms with Gasteiger partial charge in [-0.05, 0) is 49.4 Å². The normalized spacial score (nSPS) is 20.5. The third kappa shape index (κ3) is 3.58. The first kappa shape index (κ1) is 15.0. The Kier molecular flexibility index (Phi) is 4.45. The van der Waals surface area contributed by atoms with Crippen LogP contribution in [0.3, 0.4) is 0 Å².